The van der Waals surface area contributed by atoms with Crippen LogP contribution >= 0.6 is 0 Å². The highest BCUT2D eigenvalue weighted by atomic mass is 19.1. The van der Waals surface area contributed by atoms with Crippen LogP contribution in [-0.2, 0) is 0 Å². The quantitative estimate of drug-likeness (QED) is 0.780. The molecular weight excluding hydrogens is 293 g/mol. The van der Waals surface area contributed by atoms with Crippen LogP contribution in [0.1, 0.15) is 25.7 Å². The van der Waals surface area contributed by atoms with Gasteiger partial charge in [0.05, 0.1) is 11.0 Å². The van der Waals surface area contributed by atoms with Crippen molar-refractivity contribution in [1.82, 2.24) is 14.6 Å². The van der Waals surface area contributed by atoms with Gasteiger partial charge in [0, 0.05) is 23.6 Å². The van der Waals surface area contributed by atoms with E-state index >= 15 is 0 Å². The maximum absolute atomic E-state index is 13.3. The largest absolute Gasteiger partial charge is 0.367 e. The molecule has 1 aromatic carbocycles. The summed E-state index contributed by atoms with van der Waals surface area (Å²) in [5, 5.41) is 8.81. The summed E-state index contributed by atoms with van der Waals surface area (Å²) in [7, 11) is 0. The molecule has 3 aromatic rings. The summed E-state index contributed by atoms with van der Waals surface area (Å²) in [6.07, 6.45) is 6.28. The molecule has 4 rings (SSSR count). The van der Waals surface area contributed by atoms with E-state index in [9.17, 15) is 4.39 Å². The summed E-state index contributed by atoms with van der Waals surface area (Å²) in [6, 6.07) is 7.11. The molecule has 1 aliphatic rings. The Labute approximate surface area is 133 Å². The molecule has 6 heteroatoms. The van der Waals surface area contributed by atoms with Gasteiger partial charge < -0.3 is 11.1 Å². The van der Waals surface area contributed by atoms with Crippen LogP contribution in [0.3, 0.4) is 0 Å². The number of anilines is 1. The van der Waals surface area contributed by atoms with Gasteiger partial charge in [-0.05, 0) is 50.3 Å². The number of rotatable bonds is 3. The molecule has 120 valence electrons. The van der Waals surface area contributed by atoms with Crippen LogP contribution in [0.4, 0.5) is 10.2 Å². The molecule has 1 saturated carbocycles. The highest BCUT2D eigenvalue weighted by molar-refractivity contribution is 5.94. The normalized spacial score (nSPS) is 21.8. The zero-order chi connectivity index (χ0) is 15.8. The smallest absolute Gasteiger partial charge is 0.130 e. The van der Waals surface area contributed by atoms with E-state index in [0.717, 1.165) is 36.1 Å². The molecule has 0 saturated heterocycles. The van der Waals surface area contributed by atoms with Crippen LogP contribution < -0.4 is 11.1 Å². The van der Waals surface area contributed by atoms with E-state index in [1.807, 2.05) is 6.07 Å². The van der Waals surface area contributed by atoms with Gasteiger partial charge in [-0.3, -0.25) is 0 Å². The Morgan fingerprint density at radius 1 is 1.22 bits per heavy atom. The van der Waals surface area contributed by atoms with Crippen molar-refractivity contribution in [2.24, 2.45) is 11.7 Å². The number of nitrogens with zero attached hydrogens (tertiary/aromatic N) is 3. The Bertz CT molecular complexity index is 835. The van der Waals surface area contributed by atoms with Crippen LogP contribution in [0.15, 0.2) is 30.6 Å². The first-order chi connectivity index (χ1) is 11.2. The van der Waals surface area contributed by atoms with Gasteiger partial charge in [-0.2, -0.15) is 5.10 Å². The van der Waals surface area contributed by atoms with Crippen molar-refractivity contribution in [3.8, 4) is 0 Å². The Kier molecular flexibility index (Phi) is 3.61. The van der Waals surface area contributed by atoms with Crippen molar-refractivity contribution in [3.05, 3.63) is 36.4 Å². The second-order valence-electron chi connectivity index (χ2n) is 6.36. The molecule has 2 aromatic heterocycles. The molecule has 0 atom stereocenters. The lowest BCUT2D eigenvalue weighted by Gasteiger charge is -2.28. The molecule has 0 radical (unpaired) electrons. The number of hydrogen-bond acceptors (Lipinski definition) is 4. The molecule has 3 N–H and O–H groups in total. The fourth-order valence-corrected chi connectivity index (χ4v) is 3.44. The molecule has 1 fully saturated rings. The molecule has 0 unspecified atom stereocenters. The summed E-state index contributed by atoms with van der Waals surface area (Å²) in [4.78, 5) is 4.43. The number of halogens is 1. The molecule has 5 nitrogen and oxygen atoms in total. The fourth-order valence-electron chi connectivity index (χ4n) is 3.44. The first-order valence-corrected chi connectivity index (χ1v) is 8.13. The van der Waals surface area contributed by atoms with E-state index in [2.05, 4.69) is 15.4 Å². The Morgan fingerprint density at radius 3 is 2.83 bits per heavy atom. The summed E-state index contributed by atoms with van der Waals surface area (Å²) in [6.45, 7) is 0.787. The average molecular weight is 313 g/mol. The van der Waals surface area contributed by atoms with Gasteiger partial charge in [-0.25, -0.2) is 13.9 Å². The third kappa shape index (κ3) is 2.74. The SMILES string of the molecule is NCC1CCC(Nc2cc3c4ccc(F)cc4nn3cn2)CC1. The number of benzene rings is 1. The maximum Gasteiger partial charge on any atom is 0.130 e. The van der Waals surface area contributed by atoms with Gasteiger partial charge >= 0.3 is 0 Å². The van der Waals surface area contributed by atoms with Gasteiger partial charge in [0.25, 0.3) is 0 Å². The standard InChI is InChI=1S/C17H20FN5/c18-12-3-6-14-15(7-12)22-23-10-20-17(8-16(14)23)21-13-4-1-11(9-19)2-5-13/h3,6-8,10-11,13,21H,1-2,4-5,9,19H2. The van der Waals surface area contributed by atoms with Crippen molar-refractivity contribution in [2.75, 3.05) is 11.9 Å². The zero-order valence-corrected chi connectivity index (χ0v) is 12.9. The van der Waals surface area contributed by atoms with Gasteiger partial charge in [0.1, 0.15) is 18.0 Å². The molecule has 23 heavy (non-hydrogen) atoms. The van der Waals surface area contributed by atoms with Crippen molar-refractivity contribution in [3.63, 3.8) is 0 Å². The number of nitrogens with two attached hydrogens (primary N) is 1. The summed E-state index contributed by atoms with van der Waals surface area (Å²) < 4.78 is 15.0. The van der Waals surface area contributed by atoms with E-state index in [-0.39, 0.29) is 5.82 Å². The van der Waals surface area contributed by atoms with Crippen LogP contribution in [0, 0.1) is 11.7 Å². The minimum absolute atomic E-state index is 0.274. The van der Waals surface area contributed by atoms with Gasteiger partial charge in [-0.15, -0.1) is 0 Å². The zero-order valence-electron chi connectivity index (χ0n) is 12.9. The number of fused-ring (bicyclic) bond motifs is 3. The lowest BCUT2D eigenvalue weighted by molar-refractivity contribution is 0.344. The van der Waals surface area contributed by atoms with Crippen molar-refractivity contribution >= 4 is 22.2 Å². The van der Waals surface area contributed by atoms with E-state index in [1.165, 1.54) is 25.0 Å². The van der Waals surface area contributed by atoms with Crippen LogP contribution in [0.5, 0.6) is 0 Å². The molecule has 1 aliphatic carbocycles. The third-order valence-electron chi connectivity index (χ3n) is 4.81. The fraction of sp³-hybridized carbons (Fsp3) is 0.412. The number of hydrogen-bond donors (Lipinski definition) is 2. The minimum Gasteiger partial charge on any atom is -0.367 e. The second kappa shape index (κ2) is 5.77. The van der Waals surface area contributed by atoms with E-state index < -0.39 is 0 Å². The summed E-state index contributed by atoms with van der Waals surface area (Å²) in [5.41, 5.74) is 7.33. The van der Waals surface area contributed by atoms with E-state index in [0.29, 0.717) is 17.5 Å². The topological polar surface area (TPSA) is 68.2 Å². The van der Waals surface area contributed by atoms with Crippen molar-refractivity contribution in [2.45, 2.75) is 31.7 Å². The predicted molar refractivity (Wildman–Crippen MR) is 88.9 cm³/mol. The van der Waals surface area contributed by atoms with E-state index in [4.69, 9.17) is 5.73 Å². The lowest BCUT2D eigenvalue weighted by Crippen LogP contribution is -2.29. The Hall–Kier alpha value is -2.21. The first-order valence-electron chi connectivity index (χ1n) is 8.13. The molecule has 0 amide bonds. The second-order valence-corrected chi connectivity index (χ2v) is 6.36. The predicted octanol–water partition coefficient (Wildman–Crippen LogP) is 2.95. The Morgan fingerprint density at radius 2 is 2.04 bits per heavy atom. The van der Waals surface area contributed by atoms with Crippen molar-refractivity contribution in [1.29, 1.82) is 0 Å². The van der Waals surface area contributed by atoms with Crippen molar-refractivity contribution < 1.29 is 4.39 Å². The summed E-state index contributed by atoms with van der Waals surface area (Å²) in [5.74, 6) is 1.24. The van der Waals surface area contributed by atoms with E-state index in [1.54, 1.807) is 16.9 Å². The summed E-state index contributed by atoms with van der Waals surface area (Å²) >= 11 is 0. The van der Waals surface area contributed by atoms with Gasteiger partial charge in [0.2, 0.25) is 0 Å². The third-order valence-corrected chi connectivity index (χ3v) is 4.81. The number of nitrogens with one attached hydrogen (secondary N) is 1. The molecule has 0 aliphatic heterocycles. The van der Waals surface area contributed by atoms with Gasteiger partial charge in [-0.1, -0.05) is 0 Å². The highest BCUT2D eigenvalue weighted by Crippen LogP contribution is 2.27. The monoisotopic (exact) mass is 313 g/mol. The Balaban J connectivity index is 1.60. The minimum atomic E-state index is -0.274. The maximum atomic E-state index is 13.3. The van der Waals surface area contributed by atoms with Crippen LogP contribution in [0.25, 0.3) is 16.4 Å². The first kappa shape index (κ1) is 14.4. The highest BCUT2D eigenvalue weighted by Gasteiger charge is 2.20. The van der Waals surface area contributed by atoms with Gasteiger partial charge in [0.15, 0.2) is 0 Å². The molecule has 0 spiro atoms. The average Bonchev–Trinajstić information content (AvgIpc) is 2.92. The number of aromatic nitrogens is 3. The van der Waals surface area contributed by atoms with Crippen LogP contribution in [-0.4, -0.2) is 27.2 Å². The molecule has 0 bridgehead atoms. The molecular formula is C17H20FN5. The lowest BCUT2D eigenvalue weighted by atomic mass is 9.86. The molecule has 2 heterocycles. The van der Waals surface area contributed by atoms with Crippen LogP contribution in [0.2, 0.25) is 0 Å².